The van der Waals surface area contributed by atoms with E-state index < -0.39 is 5.97 Å². The maximum Gasteiger partial charge on any atom is 0.327 e. The molecule has 0 spiro atoms. The van der Waals surface area contributed by atoms with Gasteiger partial charge >= 0.3 is 5.97 Å². The monoisotopic (exact) mass is 347 g/mol. The van der Waals surface area contributed by atoms with Gasteiger partial charge < -0.3 is 5.11 Å². The Bertz CT molecular complexity index is 886. The van der Waals surface area contributed by atoms with Gasteiger partial charge in [0.1, 0.15) is 0 Å². The lowest BCUT2D eigenvalue weighted by Gasteiger charge is -2.12. The zero-order valence-corrected chi connectivity index (χ0v) is 14.3. The standard InChI is InChI=1S/C13H8S.C5H5N.C3H4O2/c14-12-8-7-10-4-1-3-9-5-2-6-11(12)13(9)10;1-2-4-6-5-3-1;1-2-3(4)5/h1-8H;1-5H;2H,1H2,(H,4,5). The van der Waals surface area contributed by atoms with Crippen LogP contribution in [0.1, 0.15) is 11.1 Å². The van der Waals surface area contributed by atoms with E-state index in [1.54, 1.807) is 12.4 Å². The third-order valence-corrected chi connectivity index (χ3v) is 3.71. The molecule has 0 bridgehead atoms. The average molecular weight is 347 g/mol. The molecule has 0 amide bonds. The molecule has 1 N–H and O–H groups in total. The van der Waals surface area contributed by atoms with E-state index in [4.69, 9.17) is 17.3 Å². The molecule has 25 heavy (non-hydrogen) atoms. The van der Waals surface area contributed by atoms with Crippen LogP contribution in [0.5, 0.6) is 0 Å². The quantitative estimate of drug-likeness (QED) is 0.501. The SMILES string of the molecule is C=CC(=O)O.S=C1C=Cc2cccc3cccc1c23.c1ccncc1. The Labute approximate surface area is 152 Å². The summed E-state index contributed by atoms with van der Waals surface area (Å²) in [5, 5.41) is 10.2. The molecule has 1 heterocycles. The predicted octanol–water partition coefficient (Wildman–Crippen LogP) is 4.92. The Balaban J connectivity index is 0.000000171. The minimum Gasteiger partial charge on any atom is -0.478 e. The van der Waals surface area contributed by atoms with E-state index in [1.807, 2.05) is 24.3 Å². The van der Waals surface area contributed by atoms with Crippen LogP contribution >= 0.6 is 12.2 Å². The highest BCUT2D eigenvalue weighted by Crippen LogP contribution is 2.28. The van der Waals surface area contributed by atoms with Crippen molar-refractivity contribution in [1.82, 2.24) is 4.98 Å². The first-order chi connectivity index (χ1) is 12.1. The van der Waals surface area contributed by atoms with Crippen molar-refractivity contribution in [3.05, 3.63) is 96.8 Å². The second-order valence-electron chi connectivity index (χ2n) is 5.02. The molecule has 3 aromatic rings. The molecule has 4 rings (SSSR count). The minimum absolute atomic E-state index is 0.833. The molecule has 0 radical (unpaired) electrons. The van der Waals surface area contributed by atoms with E-state index in [2.05, 4.69) is 54.0 Å². The van der Waals surface area contributed by atoms with Gasteiger partial charge in [-0.15, -0.1) is 0 Å². The Kier molecular flexibility index (Phi) is 6.75. The Morgan fingerprint density at radius 1 is 1.00 bits per heavy atom. The van der Waals surface area contributed by atoms with E-state index in [1.165, 1.54) is 21.9 Å². The lowest BCUT2D eigenvalue weighted by Crippen LogP contribution is -1.99. The number of benzene rings is 2. The number of nitrogens with zero attached hydrogens (tertiary/aromatic N) is 1. The van der Waals surface area contributed by atoms with Gasteiger partial charge in [0.15, 0.2) is 0 Å². The van der Waals surface area contributed by atoms with E-state index in [0.29, 0.717) is 0 Å². The van der Waals surface area contributed by atoms with Gasteiger partial charge in [0.2, 0.25) is 0 Å². The molecule has 4 heteroatoms. The van der Waals surface area contributed by atoms with E-state index in [9.17, 15) is 4.79 Å². The molecule has 0 unspecified atom stereocenters. The molecular weight excluding hydrogens is 330 g/mol. The summed E-state index contributed by atoms with van der Waals surface area (Å²) in [6.07, 6.45) is 8.43. The number of pyridine rings is 1. The van der Waals surface area contributed by atoms with Crippen LogP contribution in [0.4, 0.5) is 0 Å². The van der Waals surface area contributed by atoms with Crippen molar-refractivity contribution >= 4 is 39.9 Å². The van der Waals surface area contributed by atoms with Gasteiger partial charge in [-0.2, -0.15) is 0 Å². The summed E-state index contributed by atoms with van der Waals surface area (Å²) in [4.78, 5) is 14.0. The Morgan fingerprint density at radius 2 is 1.64 bits per heavy atom. The first-order valence-electron chi connectivity index (χ1n) is 7.58. The summed E-state index contributed by atoms with van der Waals surface area (Å²) in [7, 11) is 0. The van der Waals surface area contributed by atoms with Crippen LogP contribution < -0.4 is 0 Å². The molecule has 0 aliphatic heterocycles. The summed E-state index contributed by atoms with van der Waals surface area (Å²) in [6.45, 7) is 2.96. The number of aliphatic carboxylic acids is 1. The van der Waals surface area contributed by atoms with Crippen LogP contribution in [0.25, 0.3) is 16.8 Å². The van der Waals surface area contributed by atoms with Crippen molar-refractivity contribution in [2.75, 3.05) is 0 Å². The third-order valence-electron chi connectivity index (χ3n) is 3.36. The van der Waals surface area contributed by atoms with Gasteiger partial charge in [-0.1, -0.05) is 67.3 Å². The number of hydrogen-bond acceptors (Lipinski definition) is 3. The number of rotatable bonds is 1. The van der Waals surface area contributed by atoms with Gasteiger partial charge in [0.25, 0.3) is 0 Å². The number of carboxylic acids is 1. The Morgan fingerprint density at radius 3 is 2.16 bits per heavy atom. The molecular formula is C21H17NO2S. The topological polar surface area (TPSA) is 50.2 Å². The lowest BCUT2D eigenvalue weighted by atomic mass is 9.93. The zero-order chi connectivity index (χ0) is 18.1. The smallest absolute Gasteiger partial charge is 0.327 e. The largest absolute Gasteiger partial charge is 0.478 e. The van der Waals surface area contributed by atoms with Gasteiger partial charge in [-0.3, -0.25) is 4.98 Å². The fourth-order valence-corrected chi connectivity index (χ4v) is 2.52. The highest BCUT2D eigenvalue weighted by molar-refractivity contribution is 7.81. The number of allylic oxidation sites excluding steroid dienone is 1. The van der Waals surface area contributed by atoms with Crippen LogP contribution in [-0.4, -0.2) is 20.9 Å². The normalized spacial score (nSPS) is 10.8. The van der Waals surface area contributed by atoms with Crippen molar-refractivity contribution < 1.29 is 9.90 Å². The van der Waals surface area contributed by atoms with Crippen molar-refractivity contribution in [2.45, 2.75) is 0 Å². The van der Waals surface area contributed by atoms with Crippen molar-refractivity contribution in [1.29, 1.82) is 0 Å². The Hall–Kier alpha value is -3.11. The number of carbonyl (C=O) groups is 1. The van der Waals surface area contributed by atoms with Crippen molar-refractivity contribution in [2.24, 2.45) is 0 Å². The zero-order valence-electron chi connectivity index (χ0n) is 13.5. The van der Waals surface area contributed by atoms with Gasteiger partial charge in [0.05, 0.1) is 0 Å². The van der Waals surface area contributed by atoms with Gasteiger partial charge in [-0.05, 0) is 34.5 Å². The maximum atomic E-state index is 9.25. The number of carboxylic acid groups (broad SMARTS) is 1. The van der Waals surface area contributed by atoms with E-state index in [-0.39, 0.29) is 0 Å². The van der Waals surface area contributed by atoms with Crippen LogP contribution in [0, 0.1) is 0 Å². The third kappa shape index (κ3) is 5.19. The summed E-state index contributed by atoms with van der Waals surface area (Å²) in [6, 6.07) is 18.3. The average Bonchev–Trinajstić information content (AvgIpc) is 2.67. The summed E-state index contributed by atoms with van der Waals surface area (Å²) >= 11 is 5.31. The maximum absolute atomic E-state index is 9.25. The first kappa shape index (κ1) is 18.2. The fourth-order valence-electron chi connectivity index (χ4n) is 2.28. The molecule has 1 aliphatic carbocycles. The van der Waals surface area contributed by atoms with Crippen LogP contribution in [-0.2, 0) is 4.79 Å². The highest BCUT2D eigenvalue weighted by atomic mass is 32.1. The first-order valence-corrected chi connectivity index (χ1v) is 7.99. The van der Waals surface area contributed by atoms with Crippen molar-refractivity contribution in [3.8, 4) is 0 Å². The second-order valence-corrected chi connectivity index (χ2v) is 5.46. The number of thiocarbonyl (C=S) groups is 1. The molecule has 3 nitrogen and oxygen atoms in total. The number of hydrogen-bond donors (Lipinski definition) is 1. The summed E-state index contributed by atoms with van der Waals surface area (Å²) < 4.78 is 0. The van der Waals surface area contributed by atoms with Crippen LogP contribution in [0.2, 0.25) is 0 Å². The molecule has 0 fully saturated rings. The molecule has 1 aromatic heterocycles. The van der Waals surface area contributed by atoms with Crippen LogP contribution in [0.15, 0.2) is 85.7 Å². The summed E-state index contributed by atoms with van der Waals surface area (Å²) in [5.74, 6) is -0.981. The predicted molar refractivity (Wildman–Crippen MR) is 107 cm³/mol. The molecule has 2 aromatic carbocycles. The van der Waals surface area contributed by atoms with E-state index in [0.717, 1.165) is 10.9 Å². The molecule has 124 valence electrons. The van der Waals surface area contributed by atoms with Crippen molar-refractivity contribution in [3.63, 3.8) is 0 Å². The van der Waals surface area contributed by atoms with Gasteiger partial charge in [0, 0.05) is 28.9 Å². The molecule has 0 saturated heterocycles. The van der Waals surface area contributed by atoms with Gasteiger partial charge in [-0.25, -0.2) is 4.79 Å². The number of aromatic nitrogens is 1. The van der Waals surface area contributed by atoms with E-state index >= 15 is 0 Å². The summed E-state index contributed by atoms with van der Waals surface area (Å²) in [5.41, 5.74) is 2.46. The fraction of sp³-hybridized carbons (Fsp3) is 0. The molecule has 1 aliphatic rings. The van der Waals surface area contributed by atoms with Crippen LogP contribution in [0.3, 0.4) is 0 Å². The minimum atomic E-state index is -0.981. The second kappa shape index (κ2) is 9.25. The lowest BCUT2D eigenvalue weighted by molar-refractivity contribution is -0.131. The highest BCUT2D eigenvalue weighted by Gasteiger charge is 2.10. The molecule has 0 atom stereocenters. The molecule has 0 saturated carbocycles.